The number of benzene rings is 4. The van der Waals surface area contributed by atoms with Gasteiger partial charge in [-0.25, -0.2) is 9.59 Å². The molecule has 0 aliphatic carbocycles. The minimum Gasteiger partial charge on any atom is -0.497 e. The first kappa shape index (κ1) is 32.9. The maximum absolute atomic E-state index is 14.7. The number of sulfonamides is 1. The van der Waals surface area contributed by atoms with Crippen molar-refractivity contribution in [3.05, 3.63) is 132 Å². The second-order valence-electron chi connectivity index (χ2n) is 11.3. The standard InChI is InChI=1S/C36H38N2O7S/c1-43-31-20-22-32(23-21-31)46(41,42)38(36(37)40)24-12-11-19-30(26-44-25-27-13-5-2-6-14-27)33(38)35(39)45-34(28-15-7-3-8-16-28)29-17-9-4-10-18-29/h2-10,13-18,20-23,30,33-34H,11-12,19,24-26H2,1H3,(H-,37,40)/p+1. The molecule has 9 nitrogen and oxygen atoms in total. The quantitative estimate of drug-likeness (QED) is 0.157. The summed E-state index contributed by atoms with van der Waals surface area (Å²) in [6, 6.07) is 31.0. The summed E-state index contributed by atoms with van der Waals surface area (Å²) in [7, 11) is -3.12. The van der Waals surface area contributed by atoms with Crippen LogP contribution in [0.25, 0.3) is 0 Å². The number of carbonyl (C=O) groups excluding carboxylic acids is 2. The Morgan fingerprint density at radius 2 is 1.39 bits per heavy atom. The number of esters is 1. The van der Waals surface area contributed by atoms with E-state index in [2.05, 4.69) is 0 Å². The molecule has 3 unspecified atom stereocenters. The highest BCUT2D eigenvalue weighted by Crippen LogP contribution is 2.39. The molecule has 0 saturated carbocycles. The highest BCUT2D eigenvalue weighted by Gasteiger charge is 2.62. The summed E-state index contributed by atoms with van der Waals surface area (Å²) < 4.78 is 45.6. The van der Waals surface area contributed by atoms with Crippen LogP contribution in [0.15, 0.2) is 120 Å². The Kier molecular flexibility index (Phi) is 10.5. The highest BCUT2D eigenvalue weighted by atomic mass is 32.2. The van der Waals surface area contributed by atoms with Gasteiger partial charge in [-0.2, -0.15) is 8.42 Å². The number of hydrogen-bond acceptors (Lipinski definition) is 7. The molecule has 1 saturated heterocycles. The number of hydrogen-bond donors (Lipinski definition) is 1. The number of nitrogens with zero attached hydrogens (tertiary/aromatic N) is 1. The van der Waals surface area contributed by atoms with Crippen molar-refractivity contribution in [3.8, 4) is 5.75 Å². The monoisotopic (exact) mass is 643 g/mol. The first-order chi connectivity index (χ1) is 22.3. The number of ether oxygens (including phenoxy) is 3. The van der Waals surface area contributed by atoms with E-state index in [1.54, 1.807) is 0 Å². The summed E-state index contributed by atoms with van der Waals surface area (Å²) in [5.74, 6) is -1.10. The molecule has 1 aliphatic heterocycles. The predicted octanol–water partition coefficient (Wildman–Crippen LogP) is 6.00. The Morgan fingerprint density at radius 1 is 0.826 bits per heavy atom. The number of quaternary nitrogens is 1. The van der Waals surface area contributed by atoms with Gasteiger partial charge < -0.3 is 19.9 Å². The molecule has 2 amide bonds. The van der Waals surface area contributed by atoms with Gasteiger partial charge in [-0.1, -0.05) is 91.0 Å². The summed E-state index contributed by atoms with van der Waals surface area (Å²) in [5, 5.41) is 0. The van der Waals surface area contributed by atoms with Crippen molar-refractivity contribution in [2.24, 2.45) is 11.7 Å². The number of methoxy groups -OCH3 is 1. The van der Waals surface area contributed by atoms with Crippen LogP contribution in [0.5, 0.6) is 5.75 Å². The van der Waals surface area contributed by atoms with Crippen molar-refractivity contribution in [1.29, 1.82) is 0 Å². The molecule has 0 spiro atoms. The van der Waals surface area contributed by atoms with Gasteiger partial charge in [0.1, 0.15) is 17.2 Å². The van der Waals surface area contributed by atoms with Crippen LogP contribution in [-0.4, -0.2) is 50.6 Å². The van der Waals surface area contributed by atoms with Crippen LogP contribution >= 0.6 is 0 Å². The molecule has 2 N–H and O–H groups in total. The average molecular weight is 644 g/mol. The Balaban J connectivity index is 1.60. The lowest BCUT2D eigenvalue weighted by molar-refractivity contribution is -0.745. The van der Waals surface area contributed by atoms with Gasteiger partial charge >= 0.3 is 22.0 Å². The molecular weight excluding hydrogens is 604 g/mol. The molecule has 5 rings (SSSR count). The van der Waals surface area contributed by atoms with Crippen LogP contribution in [0.2, 0.25) is 0 Å². The summed E-state index contributed by atoms with van der Waals surface area (Å²) in [6.45, 7) is 0.0684. The third-order valence-electron chi connectivity index (χ3n) is 8.49. The van der Waals surface area contributed by atoms with E-state index in [9.17, 15) is 18.0 Å². The van der Waals surface area contributed by atoms with Gasteiger partial charge in [-0.05, 0) is 60.2 Å². The van der Waals surface area contributed by atoms with Gasteiger partial charge in [0.2, 0.25) is 6.04 Å². The fourth-order valence-corrected chi connectivity index (χ4v) is 8.19. The van der Waals surface area contributed by atoms with Gasteiger partial charge in [-0.3, -0.25) is 0 Å². The molecule has 46 heavy (non-hydrogen) atoms. The minimum absolute atomic E-state index is 0.0153. The van der Waals surface area contributed by atoms with Crippen molar-refractivity contribution in [1.82, 2.24) is 0 Å². The van der Waals surface area contributed by atoms with Gasteiger partial charge in [0.25, 0.3) is 0 Å². The number of primary amides is 1. The third kappa shape index (κ3) is 6.84. The average Bonchev–Trinajstić information content (AvgIpc) is 3.29. The number of amides is 2. The largest absolute Gasteiger partial charge is 0.497 e. The number of urea groups is 1. The zero-order chi connectivity index (χ0) is 32.6. The minimum atomic E-state index is -4.59. The van der Waals surface area contributed by atoms with E-state index in [1.165, 1.54) is 31.4 Å². The van der Waals surface area contributed by atoms with Crippen LogP contribution in [-0.2, 0) is 30.9 Å². The number of likely N-dealkylation sites (tertiary alicyclic amines) is 1. The number of rotatable bonds is 11. The van der Waals surface area contributed by atoms with Crippen LogP contribution in [0.4, 0.5) is 4.79 Å². The third-order valence-corrected chi connectivity index (χ3v) is 10.8. The molecule has 1 heterocycles. The van der Waals surface area contributed by atoms with Crippen molar-refractivity contribution >= 4 is 22.0 Å². The molecular formula is C36H39N2O7S+. The first-order valence-corrected chi connectivity index (χ1v) is 16.7. The Labute approximate surface area is 270 Å². The molecule has 0 aromatic heterocycles. The second-order valence-corrected chi connectivity index (χ2v) is 13.4. The van der Waals surface area contributed by atoms with Gasteiger partial charge in [-0.15, -0.1) is 3.89 Å². The fraction of sp³-hybridized carbons (Fsp3) is 0.278. The van der Waals surface area contributed by atoms with Crippen molar-refractivity contribution in [3.63, 3.8) is 0 Å². The normalized spacial score (nSPS) is 20.0. The van der Waals surface area contributed by atoms with E-state index in [-0.39, 0.29) is 24.7 Å². The van der Waals surface area contributed by atoms with Crippen molar-refractivity contribution in [2.45, 2.75) is 42.9 Å². The lowest BCUT2D eigenvalue weighted by atomic mass is 9.95. The second kappa shape index (κ2) is 14.7. The summed E-state index contributed by atoms with van der Waals surface area (Å²) in [6.07, 6.45) is 0.483. The van der Waals surface area contributed by atoms with Crippen LogP contribution < -0.4 is 10.5 Å². The van der Waals surface area contributed by atoms with Crippen LogP contribution in [0.1, 0.15) is 42.1 Å². The summed E-state index contributed by atoms with van der Waals surface area (Å²) in [4.78, 5) is 28.2. The fourth-order valence-electron chi connectivity index (χ4n) is 6.17. The highest BCUT2D eigenvalue weighted by molar-refractivity contribution is 7.86. The maximum atomic E-state index is 14.7. The van der Waals surface area contributed by atoms with Gasteiger partial charge in [0.05, 0.1) is 20.3 Å². The molecule has 4 aromatic rings. The molecule has 240 valence electrons. The zero-order valence-electron chi connectivity index (χ0n) is 25.7. The van der Waals surface area contributed by atoms with Crippen LogP contribution in [0, 0.1) is 5.92 Å². The SMILES string of the molecule is COc1ccc(S(=O)(=O)[N+]2(C(N)=O)CCCCC(COCc3ccccc3)C2C(=O)OC(c2ccccc2)c2ccccc2)cc1. The van der Waals surface area contributed by atoms with Crippen LogP contribution in [0.3, 0.4) is 0 Å². The Morgan fingerprint density at radius 3 is 1.93 bits per heavy atom. The smallest absolute Gasteiger partial charge is 0.430 e. The summed E-state index contributed by atoms with van der Waals surface area (Å²) in [5.41, 5.74) is 8.41. The lowest BCUT2D eigenvalue weighted by Gasteiger charge is -2.39. The van der Waals surface area contributed by atoms with E-state index in [4.69, 9.17) is 19.9 Å². The predicted molar refractivity (Wildman–Crippen MR) is 173 cm³/mol. The zero-order valence-corrected chi connectivity index (χ0v) is 26.6. The van der Waals surface area contributed by atoms with E-state index in [0.29, 0.717) is 36.1 Å². The van der Waals surface area contributed by atoms with Gasteiger partial charge in [0.15, 0.2) is 6.10 Å². The maximum Gasteiger partial charge on any atom is 0.430 e. The van der Waals surface area contributed by atoms with E-state index in [1.807, 2.05) is 91.0 Å². The molecule has 1 fully saturated rings. The van der Waals surface area contributed by atoms with E-state index < -0.39 is 44.0 Å². The van der Waals surface area contributed by atoms with Gasteiger partial charge in [0, 0.05) is 5.92 Å². The first-order valence-electron chi connectivity index (χ1n) is 15.3. The topological polar surface area (TPSA) is 122 Å². The van der Waals surface area contributed by atoms with E-state index in [0.717, 1.165) is 5.56 Å². The molecule has 0 bridgehead atoms. The van der Waals surface area contributed by atoms with E-state index >= 15 is 0 Å². The Bertz CT molecular complexity index is 1660. The number of nitrogens with two attached hydrogens (primary N) is 1. The Hall–Kier alpha value is -4.51. The molecule has 3 atom stereocenters. The lowest BCUT2D eigenvalue weighted by Crippen LogP contribution is -2.69. The molecule has 10 heteroatoms. The van der Waals surface area contributed by atoms with Crippen molar-refractivity contribution < 1.29 is 36.1 Å². The van der Waals surface area contributed by atoms with Crippen molar-refractivity contribution in [2.75, 3.05) is 20.3 Å². The number of carbonyl (C=O) groups is 2. The molecule has 1 aliphatic rings. The summed E-state index contributed by atoms with van der Waals surface area (Å²) >= 11 is 0. The molecule has 0 radical (unpaired) electrons. The molecule has 4 aromatic carbocycles.